The van der Waals surface area contributed by atoms with Crippen LogP contribution in [0.3, 0.4) is 0 Å². The number of esters is 2. The number of aliphatic hydroxyl groups excluding tert-OH is 1. The number of cyclic esters (lactones) is 1. The van der Waals surface area contributed by atoms with Gasteiger partial charge in [-0.1, -0.05) is 0 Å². The fourth-order valence-corrected chi connectivity index (χ4v) is 5.53. The Labute approximate surface area is 228 Å². The number of benzene rings is 1. The molecule has 0 fully saturated rings. The van der Waals surface area contributed by atoms with E-state index in [2.05, 4.69) is 0 Å². The maximum Gasteiger partial charge on any atom is 0.340 e. The lowest BCUT2D eigenvalue weighted by molar-refractivity contribution is -0.157. The standard InChI is InChI=1S/C28H27N3O9/c1-13(2)30(24(33)11-37-14(3)32)5-4-15-16-7-22-23(40-12-39-22)8-20(16)29-25-18(15)9-31-21(25)6-17-19(27(31)35)10-38-28(36)26(17)34/h6-8,13,26,34H,4-5,9-12H2,1-3H3/t26-/m0/s1. The van der Waals surface area contributed by atoms with E-state index in [0.717, 1.165) is 16.5 Å². The highest BCUT2D eigenvalue weighted by atomic mass is 16.7. The summed E-state index contributed by atoms with van der Waals surface area (Å²) < 4.78 is 22.7. The first kappa shape index (κ1) is 25.8. The van der Waals surface area contributed by atoms with Crippen LogP contribution in [0.5, 0.6) is 11.5 Å². The van der Waals surface area contributed by atoms with Gasteiger partial charge in [-0.05, 0) is 38.0 Å². The van der Waals surface area contributed by atoms with E-state index in [1.54, 1.807) is 21.6 Å². The van der Waals surface area contributed by atoms with Gasteiger partial charge in [0.1, 0.15) is 6.61 Å². The summed E-state index contributed by atoms with van der Waals surface area (Å²) in [6.07, 6.45) is -1.14. The second kappa shape index (κ2) is 9.63. The van der Waals surface area contributed by atoms with Crippen molar-refractivity contribution >= 4 is 28.7 Å². The molecule has 0 aliphatic carbocycles. The zero-order chi connectivity index (χ0) is 28.3. The first-order chi connectivity index (χ1) is 19.1. The SMILES string of the molecule is CC(=O)OCC(=O)N(CCc1c2c(nc3cc4c(cc13)OCO4)-c1cc3c(c(=O)n1C2)COC(=O)[C@H]3O)C(C)C. The predicted molar refractivity (Wildman–Crippen MR) is 139 cm³/mol. The molecule has 6 rings (SSSR count). The number of aliphatic hydroxyl groups is 1. The normalized spacial score (nSPS) is 16.4. The fourth-order valence-electron chi connectivity index (χ4n) is 5.53. The van der Waals surface area contributed by atoms with Gasteiger partial charge in [0, 0.05) is 42.1 Å². The summed E-state index contributed by atoms with van der Waals surface area (Å²) in [5.41, 5.74) is 3.41. The van der Waals surface area contributed by atoms with E-state index in [4.69, 9.17) is 23.9 Å². The maximum absolute atomic E-state index is 13.5. The van der Waals surface area contributed by atoms with E-state index in [1.165, 1.54) is 6.92 Å². The van der Waals surface area contributed by atoms with E-state index in [-0.39, 0.29) is 55.2 Å². The number of hydrogen-bond acceptors (Lipinski definition) is 10. The number of aromatic nitrogens is 2. The number of ether oxygens (including phenoxy) is 4. The number of amides is 1. The first-order valence-corrected chi connectivity index (χ1v) is 12.9. The van der Waals surface area contributed by atoms with Gasteiger partial charge in [-0.2, -0.15) is 0 Å². The molecular formula is C28H27N3O9. The van der Waals surface area contributed by atoms with Crippen molar-refractivity contribution in [3.8, 4) is 22.9 Å². The van der Waals surface area contributed by atoms with Crippen LogP contribution in [0, 0.1) is 0 Å². The summed E-state index contributed by atoms with van der Waals surface area (Å²) >= 11 is 0. The Hall–Kier alpha value is -4.45. The minimum atomic E-state index is -1.55. The molecule has 1 aromatic carbocycles. The van der Waals surface area contributed by atoms with Crippen LogP contribution in [0.25, 0.3) is 22.3 Å². The zero-order valence-corrected chi connectivity index (χ0v) is 22.2. The second-order valence-electron chi connectivity index (χ2n) is 10.2. The first-order valence-electron chi connectivity index (χ1n) is 12.9. The van der Waals surface area contributed by atoms with Gasteiger partial charge in [0.2, 0.25) is 6.79 Å². The number of carbonyl (C=O) groups is 3. The van der Waals surface area contributed by atoms with Gasteiger partial charge in [0.05, 0.1) is 29.0 Å². The maximum atomic E-state index is 13.5. The molecular weight excluding hydrogens is 522 g/mol. The summed E-state index contributed by atoms with van der Waals surface area (Å²) in [4.78, 5) is 56.1. The molecule has 0 radical (unpaired) electrons. The largest absolute Gasteiger partial charge is 0.458 e. The van der Waals surface area contributed by atoms with Crippen LogP contribution in [0.4, 0.5) is 0 Å². The third kappa shape index (κ3) is 4.15. The van der Waals surface area contributed by atoms with Gasteiger partial charge < -0.3 is 33.5 Å². The van der Waals surface area contributed by atoms with Gasteiger partial charge in [0.25, 0.3) is 11.5 Å². The third-order valence-corrected chi connectivity index (χ3v) is 7.51. The minimum absolute atomic E-state index is 0.0881. The van der Waals surface area contributed by atoms with Crippen LogP contribution in [0.1, 0.15) is 49.1 Å². The molecule has 0 bridgehead atoms. The Bertz CT molecular complexity index is 1660. The molecule has 208 valence electrons. The van der Waals surface area contributed by atoms with Crippen molar-refractivity contribution in [2.45, 2.75) is 52.5 Å². The molecule has 5 heterocycles. The number of fused-ring (bicyclic) bond motifs is 6. The zero-order valence-electron chi connectivity index (χ0n) is 22.2. The van der Waals surface area contributed by atoms with Crippen LogP contribution in [0.15, 0.2) is 23.0 Å². The number of pyridine rings is 2. The molecule has 0 spiro atoms. The molecule has 1 amide bonds. The number of hydrogen-bond donors (Lipinski definition) is 1. The van der Waals surface area contributed by atoms with E-state index in [0.29, 0.717) is 41.4 Å². The van der Waals surface area contributed by atoms with Gasteiger partial charge in [-0.25, -0.2) is 9.78 Å². The second-order valence-corrected chi connectivity index (χ2v) is 10.2. The highest BCUT2D eigenvalue weighted by molar-refractivity contribution is 5.91. The topological polar surface area (TPSA) is 146 Å². The van der Waals surface area contributed by atoms with Crippen LogP contribution in [-0.2, 0) is 43.4 Å². The Kier molecular flexibility index (Phi) is 6.21. The molecule has 12 nitrogen and oxygen atoms in total. The molecule has 3 aliphatic heterocycles. The lowest BCUT2D eigenvalue weighted by Gasteiger charge is -2.27. The summed E-state index contributed by atoms with van der Waals surface area (Å²) in [5, 5.41) is 11.2. The number of rotatable bonds is 6. The van der Waals surface area contributed by atoms with Gasteiger partial charge in [-0.15, -0.1) is 0 Å². The average molecular weight is 550 g/mol. The van der Waals surface area contributed by atoms with Gasteiger partial charge >= 0.3 is 11.9 Å². The molecule has 3 aliphatic rings. The van der Waals surface area contributed by atoms with Crippen molar-refractivity contribution in [1.82, 2.24) is 14.5 Å². The van der Waals surface area contributed by atoms with Crippen LogP contribution in [-0.4, -0.2) is 63.4 Å². The van der Waals surface area contributed by atoms with Crippen LogP contribution < -0.4 is 15.0 Å². The van der Waals surface area contributed by atoms with Crippen molar-refractivity contribution in [3.05, 3.63) is 50.8 Å². The summed E-state index contributed by atoms with van der Waals surface area (Å²) in [6, 6.07) is 5.11. The Morgan fingerprint density at radius 1 is 1.15 bits per heavy atom. The van der Waals surface area contributed by atoms with Gasteiger partial charge in [-0.3, -0.25) is 14.4 Å². The Morgan fingerprint density at radius 2 is 1.90 bits per heavy atom. The Balaban J connectivity index is 1.47. The lowest BCUT2D eigenvalue weighted by Crippen LogP contribution is -2.41. The fraction of sp³-hybridized carbons (Fsp3) is 0.393. The lowest BCUT2D eigenvalue weighted by atomic mass is 9.96. The monoisotopic (exact) mass is 549 g/mol. The quantitative estimate of drug-likeness (QED) is 0.352. The summed E-state index contributed by atoms with van der Waals surface area (Å²) in [7, 11) is 0. The van der Waals surface area contributed by atoms with Crippen molar-refractivity contribution in [2.24, 2.45) is 0 Å². The molecule has 2 aromatic heterocycles. The summed E-state index contributed by atoms with van der Waals surface area (Å²) in [5.74, 6) is -0.533. The number of carbonyl (C=O) groups excluding carboxylic acids is 3. The third-order valence-electron chi connectivity index (χ3n) is 7.51. The van der Waals surface area contributed by atoms with Crippen LogP contribution in [0.2, 0.25) is 0 Å². The highest BCUT2D eigenvalue weighted by Crippen LogP contribution is 2.42. The molecule has 12 heteroatoms. The van der Waals surface area contributed by atoms with Crippen molar-refractivity contribution in [1.29, 1.82) is 0 Å². The molecule has 40 heavy (non-hydrogen) atoms. The Morgan fingerprint density at radius 3 is 2.62 bits per heavy atom. The molecule has 0 unspecified atom stereocenters. The number of nitrogens with zero attached hydrogens (tertiary/aromatic N) is 3. The van der Waals surface area contributed by atoms with E-state index >= 15 is 0 Å². The predicted octanol–water partition coefficient (Wildman–Crippen LogP) is 1.59. The molecule has 1 atom stereocenters. The highest BCUT2D eigenvalue weighted by Gasteiger charge is 2.35. The summed E-state index contributed by atoms with van der Waals surface area (Å²) in [6.45, 7) is 5.08. The molecule has 3 aromatic rings. The smallest absolute Gasteiger partial charge is 0.340 e. The van der Waals surface area contributed by atoms with Crippen molar-refractivity contribution in [3.63, 3.8) is 0 Å². The van der Waals surface area contributed by atoms with Crippen molar-refractivity contribution < 1.29 is 38.4 Å². The van der Waals surface area contributed by atoms with E-state index < -0.39 is 18.0 Å². The minimum Gasteiger partial charge on any atom is -0.458 e. The molecule has 0 saturated carbocycles. The van der Waals surface area contributed by atoms with Gasteiger partial charge in [0.15, 0.2) is 24.2 Å². The van der Waals surface area contributed by atoms with Crippen molar-refractivity contribution in [2.75, 3.05) is 19.9 Å². The van der Waals surface area contributed by atoms with E-state index in [9.17, 15) is 24.3 Å². The van der Waals surface area contributed by atoms with Crippen LogP contribution >= 0.6 is 0 Å². The molecule has 0 saturated heterocycles. The molecule has 1 N–H and O–H groups in total. The average Bonchev–Trinajstić information content (AvgIpc) is 3.52. The van der Waals surface area contributed by atoms with E-state index in [1.807, 2.05) is 19.9 Å².